The lowest BCUT2D eigenvalue weighted by Crippen LogP contribution is -2.42. The fourth-order valence-corrected chi connectivity index (χ4v) is 2.91. The number of nitrogens with zero attached hydrogens (tertiary/aromatic N) is 1. The number of para-hydroxylation sites is 1. The highest BCUT2D eigenvalue weighted by Crippen LogP contribution is 2.14. The number of hydrogen-bond acceptors (Lipinski definition) is 3. The molecular formula is C22H26N4O. The van der Waals surface area contributed by atoms with Crippen molar-refractivity contribution < 1.29 is 4.79 Å². The van der Waals surface area contributed by atoms with Crippen LogP contribution in [0.2, 0.25) is 0 Å². The van der Waals surface area contributed by atoms with Gasteiger partial charge in [-0.15, -0.1) is 0 Å². The monoisotopic (exact) mass is 362 g/mol. The summed E-state index contributed by atoms with van der Waals surface area (Å²) >= 11 is 0. The first-order chi connectivity index (χ1) is 13.2. The van der Waals surface area contributed by atoms with Gasteiger partial charge in [0.2, 0.25) is 0 Å². The average molecular weight is 362 g/mol. The van der Waals surface area contributed by atoms with Crippen molar-refractivity contribution in [1.29, 1.82) is 0 Å². The zero-order chi connectivity index (χ0) is 18.9. The molecule has 1 aromatic heterocycles. The lowest BCUT2D eigenvalue weighted by Gasteiger charge is -2.15. The fourth-order valence-electron chi connectivity index (χ4n) is 2.91. The van der Waals surface area contributed by atoms with E-state index < -0.39 is 0 Å². The molecule has 1 atom stereocenters. The van der Waals surface area contributed by atoms with E-state index in [0.29, 0.717) is 13.1 Å². The van der Waals surface area contributed by atoms with Crippen LogP contribution in [-0.4, -0.2) is 30.1 Å². The van der Waals surface area contributed by atoms with Crippen molar-refractivity contribution in [3.8, 4) is 0 Å². The number of carbonyl (C=O) groups is 1. The molecule has 27 heavy (non-hydrogen) atoms. The van der Waals surface area contributed by atoms with Crippen LogP contribution in [0.25, 0.3) is 10.9 Å². The molecule has 5 heteroatoms. The van der Waals surface area contributed by atoms with E-state index in [0.717, 1.165) is 29.6 Å². The number of hydrogen-bond donors (Lipinski definition) is 3. The quantitative estimate of drug-likeness (QED) is 0.531. The first kappa shape index (κ1) is 18.7. The van der Waals surface area contributed by atoms with E-state index in [2.05, 4.69) is 33.1 Å². The van der Waals surface area contributed by atoms with Crippen LogP contribution in [0.3, 0.4) is 0 Å². The molecule has 0 fully saturated rings. The average Bonchev–Trinajstić information content (AvgIpc) is 2.70. The first-order valence-corrected chi connectivity index (χ1v) is 9.38. The maximum Gasteiger partial charge on any atom is 0.315 e. The third kappa shape index (κ3) is 5.99. The zero-order valence-corrected chi connectivity index (χ0v) is 15.6. The second-order valence-corrected chi connectivity index (χ2v) is 6.64. The summed E-state index contributed by atoms with van der Waals surface area (Å²) in [6, 6.07) is 22.3. The maximum atomic E-state index is 12.0. The number of nitrogens with one attached hydrogen (secondary N) is 3. The molecule has 0 aliphatic heterocycles. The summed E-state index contributed by atoms with van der Waals surface area (Å²) in [6.07, 6.45) is 1.87. The molecule has 140 valence electrons. The Balaban J connectivity index is 1.34. The summed E-state index contributed by atoms with van der Waals surface area (Å²) in [7, 11) is 0. The number of anilines is 1. The topological polar surface area (TPSA) is 66.1 Å². The Morgan fingerprint density at radius 2 is 1.74 bits per heavy atom. The molecule has 0 spiro atoms. The van der Waals surface area contributed by atoms with Crippen LogP contribution in [-0.2, 0) is 6.42 Å². The van der Waals surface area contributed by atoms with Crippen molar-refractivity contribution in [2.24, 2.45) is 0 Å². The molecule has 1 heterocycles. The minimum atomic E-state index is -0.135. The first-order valence-electron chi connectivity index (χ1n) is 9.38. The number of aryl methyl sites for hydroxylation is 1. The highest BCUT2D eigenvalue weighted by molar-refractivity contribution is 5.80. The van der Waals surface area contributed by atoms with Crippen LogP contribution >= 0.6 is 0 Å². The minimum Gasteiger partial charge on any atom is -0.368 e. The van der Waals surface area contributed by atoms with Crippen molar-refractivity contribution in [2.45, 2.75) is 25.8 Å². The van der Waals surface area contributed by atoms with E-state index in [9.17, 15) is 4.79 Å². The van der Waals surface area contributed by atoms with Gasteiger partial charge in [-0.25, -0.2) is 9.78 Å². The Hall–Kier alpha value is -3.08. The molecule has 0 saturated heterocycles. The number of fused-ring (bicyclic) bond motifs is 1. The summed E-state index contributed by atoms with van der Waals surface area (Å²) < 4.78 is 0. The predicted octanol–water partition coefficient (Wildman–Crippen LogP) is 3.97. The van der Waals surface area contributed by atoms with E-state index in [1.807, 2.05) is 61.5 Å². The van der Waals surface area contributed by atoms with Crippen LogP contribution in [0.5, 0.6) is 0 Å². The van der Waals surface area contributed by atoms with E-state index in [1.165, 1.54) is 5.56 Å². The molecule has 0 bridgehead atoms. The number of amides is 2. The van der Waals surface area contributed by atoms with Crippen molar-refractivity contribution in [3.05, 3.63) is 72.3 Å². The number of pyridine rings is 1. The fraction of sp³-hybridized carbons (Fsp3) is 0.273. The Bertz CT molecular complexity index is 866. The number of rotatable bonds is 8. The lowest BCUT2D eigenvalue weighted by atomic mass is 10.1. The maximum absolute atomic E-state index is 12.0. The zero-order valence-electron chi connectivity index (χ0n) is 15.6. The summed E-state index contributed by atoms with van der Waals surface area (Å²) in [4.78, 5) is 16.5. The molecule has 0 aliphatic rings. The van der Waals surface area contributed by atoms with Gasteiger partial charge in [0.1, 0.15) is 5.82 Å². The lowest BCUT2D eigenvalue weighted by molar-refractivity contribution is 0.237. The van der Waals surface area contributed by atoms with Gasteiger partial charge in [0.15, 0.2) is 0 Å². The van der Waals surface area contributed by atoms with E-state index in [-0.39, 0.29) is 12.1 Å². The Morgan fingerprint density at radius 1 is 0.963 bits per heavy atom. The van der Waals surface area contributed by atoms with Crippen LogP contribution in [0.15, 0.2) is 66.7 Å². The van der Waals surface area contributed by atoms with Crippen LogP contribution < -0.4 is 16.0 Å². The highest BCUT2D eigenvalue weighted by Gasteiger charge is 2.07. The van der Waals surface area contributed by atoms with Crippen molar-refractivity contribution in [2.75, 3.05) is 18.4 Å². The van der Waals surface area contributed by atoms with Crippen molar-refractivity contribution in [3.63, 3.8) is 0 Å². The highest BCUT2D eigenvalue weighted by atomic mass is 16.2. The molecule has 2 amide bonds. The van der Waals surface area contributed by atoms with E-state index in [4.69, 9.17) is 0 Å². The number of benzene rings is 2. The normalized spacial score (nSPS) is 11.7. The number of carbonyl (C=O) groups excluding carboxylic acids is 1. The smallest absolute Gasteiger partial charge is 0.315 e. The SMILES string of the molecule is CC(CCc1ccccc1)NC(=O)NCCNc1ccc2ccccc2n1. The molecule has 0 aliphatic carbocycles. The van der Waals surface area contributed by atoms with Gasteiger partial charge in [-0.3, -0.25) is 0 Å². The second kappa shape index (κ2) is 9.57. The number of urea groups is 1. The largest absolute Gasteiger partial charge is 0.368 e. The van der Waals surface area contributed by atoms with E-state index in [1.54, 1.807) is 0 Å². The van der Waals surface area contributed by atoms with E-state index >= 15 is 0 Å². The Labute approximate surface area is 160 Å². The molecule has 2 aromatic carbocycles. The molecule has 5 nitrogen and oxygen atoms in total. The summed E-state index contributed by atoms with van der Waals surface area (Å²) in [6.45, 7) is 3.18. The molecule has 3 aromatic rings. The van der Waals surface area contributed by atoms with Crippen molar-refractivity contribution in [1.82, 2.24) is 15.6 Å². The Kier molecular flexibility index (Phi) is 6.63. The van der Waals surface area contributed by atoms with Gasteiger partial charge >= 0.3 is 6.03 Å². The van der Waals surface area contributed by atoms with Gasteiger partial charge in [-0.2, -0.15) is 0 Å². The van der Waals surface area contributed by atoms with Crippen LogP contribution in [0, 0.1) is 0 Å². The molecule has 3 rings (SSSR count). The molecule has 0 radical (unpaired) electrons. The van der Waals surface area contributed by atoms with Gasteiger partial charge < -0.3 is 16.0 Å². The van der Waals surface area contributed by atoms with Gasteiger partial charge in [-0.05, 0) is 43.5 Å². The van der Waals surface area contributed by atoms with Crippen LogP contribution in [0.4, 0.5) is 10.6 Å². The molecule has 1 unspecified atom stereocenters. The summed E-state index contributed by atoms with van der Waals surface area (Å²) in [5, 5.41) is 10.2. The number of aromatic nitrogens is 1. The Morgan fingerprint density at radius 3 is 2.59 bits per heavy atom. The molecule has 3 N–H and O–H groups in total. The second-order valence-electron chi connectivity index (χ2n) is 6.64. The standard InChI is InChI=1S/C22H26N4O/c1-17(11-12-18-7-3-2-4-8-18)25-22(27)24-16-15-23-21-14-13-19-9-5-6-10-20(19)26-21/h2-10,13-14,17H,11-12,15-16H2,1H3,(H,23,26)(H2,24,25,27). The molecule has 0 saturated carbocycles. The third-order valence-corrected chi connectivity index (χ3v) is 4.40. The van der Waals surface area contributed by atoms with Gasteiger partial charge in [-0.1, -0.05) is 48.5 Å². The van der Waals surface area contributed by atoms with Crippen LogP contribution in [0.1, 0.15) is 18.9 Å². The molecular weight excluding hydrogens is 336 g/mol. The summed E-state index contributed by atoms with van der Waals surface area (Å²) in [5.74, 6) is 0.812. The third-order valence-electron chi connectivity index (χ3n) is 4.40. The minimum absolute atomic E-state index is 0.125. The van der Waals surface area contributed by atoms with Gasteiger partial charge in [0.25, 0.3) is 0 Å². The predicted molar refractivity (Wildman–Crippen MR) is 111 cm³/mol. The summed E-state index contributed by atoms with van der Waals surface area (Å²) in [5.41, 5.74) is 2.25. The van der Waals surface area contributed by atoms with Gasteiger partial charge in [0, 0.05) is 24.5 Å². The van der Waals surface area contributed by atoms with Crippen molar-refractivity contribution >= 4 is 22.8 Å². The van der Waals surface area contributed by atoms with Gasteiger partial charge in [0.05, 0.1) is 5.52 Å².